The highest BCUT2D eigenvalue weighted by Crippen LogP contribution is 2.21. The van der Waals surface area contributed by atoms with E-state index in [1.165, 1.54) is 19.1 Å². The summed E-state index contributed by atoms with van der Waals surface area (Å²) in [5, 5.41) is 13.0. The fraction of sp³-hybridized carbons (Fsp3) is 0.125. The lowest BCUT2D eigenvalue weighted by molar-refractivity contribution is -0.387. The molecule has 2 aromatic carbocycles. The fourth-order valence-electron chi connectivity index (χ4n) is 1.84. The molecule has 1 atom stereocenters. The Labute approximate surface area is 140 Å². The van der Waals surface area contributed by atoms with Gasteiger partial charge >= 0.3 is 11.7 Å². The second-order valence-electron chi connectivity index (χ2n) is 4.97. The zero-order valence-corrected chi connectivity index (χ0v) is 12.9. The van der Waals surface area contributed by atoms with Crippen LogP contribution in [0.1, 0.15) is 17.3 Å². The molecule has 0 aliphatic rings. The van der Waals surface area contributed by atoms with E-state index in [1.807, 2.05) is 0 Å². The van der Waals surface area contributed by atoms with Crippen LogP contribution in [0.3, 0.4) is 0 Å². The maximum absolute atomic E-state index is 13.3. The van der Waals surface area contributed by atoms with Crippen molar-refractivity contribution >= 4 is 23.3 Å². The quantitative estimate of drug-likeness (QED) is 0.508. The Hall–Kier alpha value is -3.36. The van der Waals surface area contributed by atoms with E-state index < -0.39 is 40.2 Å². The third-order valence-corrected chi connectivity index (χ3v) is 3.14. The van der Waals surface area contributed by atoms with Gasteiger partial charge in [-0.3, -0.25) is 14.9 Å². The van der Waals surface area contributed by atoms with Gasteiger partial charge in [0.2, 0.25) is 5.82 Å². The summed E-state index contributed by atoms with van der Waals surface area (Å²) in [5.41, 5.74) is -0.769. The van der Waals surface area contributed by atoms with Crippen LogP contribution in [0.5, 0.6) is 0 Å². The van der Waals surface area contributed by atoms with Crippen molar-refractivity contribution in [2.75, 3.05) is 5.32 Å². The zero-order valence-electron chi connectivity index (χ0n) is 12.9. The molecule has 0 aliphatic heterocycles. The molecular weight excluding hydrogens is 338 g/mol. The van der Waals surface area contributed by atoms with Gasteiger partial charge in [-0.25, -0.2) is 9.18 Å². The van der Waals surface area contributed by atoms with E-state index in [9.17, 15) is 28.5 Å². The molecule has 2 rings (SSSR count). The van der Waals surface area contributed by atoms with Crippen LogP contribution in [0.25, 0.3) is 0 Å². The third-order valence-electron chi connectivity index (χ3n) is 3.14. The summed E-state index contributed by atoms with van der Waals surface area (Å²) in [6, 6.07) is 7.36. The molecule has 25 heavy (non-hydrogen) atoms. The third kappa shape index (κ3) is 4.56. The Morgan fingerprint density at radius 1 is 1.16 bits per heavy atom. The number of nitro groups is 1. The minimum Gasteiger partial charge on any atom is -0.449 e. The van der Waals surface area contributed by atoms with E-state index in [4.69, 9.17) is 4.74 Å². The lowest BCUT2D eigenvalue weighted by Gasteiger charge is -2.13. The number of carbonyl (C=O) groups excluding carboxylic acids is 2. The topological polar surface area (TPSA) is 98.5 Å². The summed E-state index contributed by atoms with van der Waals surface area (Å²) in [6.45, 7) is 1.29. The summed E-state index contributed by atoms with van der Waals surface area (Å²) in [5.74, 6) is -3.18. The molecule has 0 aromatic heterocycles. The zero-order chi connectivity index (χ0) is 18.6. The SMILES string of the molecule is C[C@H](OC(=O)c1ccc(F)cc1)C(=O)Nc1ccc(F)c([N+](=O)[O-])c1. The van der Waals surface area contributed by atoms with E-state index in [2.05, 4.69) is 5.32 Å². The number of amides is 1. The van der Waals surface area contributed by atoms with Gasteiger partial charge in [0.25, 0.3) is 5.91 Å². The second-order valence-corrected chi connectivity index (χ2v) is 4.97. The van der Waals surface area contributed by atoms with Crippen molar-refractivity contribution < 1.29 is 28.0 Å². The fourth-order valence-corrected chi connectivity index (χ4v) is 1.84. The first-order valence-electron chi connectivity index (χ1n) is 6.99. The Morgan fingerprint density at radius 2 is 1.80 bits per heavy atom. The number of nitro benzene ring substituents is 1. The molecule has 130 valence electrons. The summed E-state index contributed by atoms with van der Waals surface area (Å²) in [7, 11) is 0. The molecule has 9 heteroatoms. The molecule has 1 N–H and O–H groups in total. The molecule has 2 aromatic rings. The number of ether oxygens (including phenoxy) is 1. The lowest BCUT2D eigenvalue weighted by atomic mass is 10.2. The van der Waals surface area contributed by atoms with Gasteiger partial charge in [0, 0.05) is 11.8 Å². The molecule has 0 saturated heterocycles. The minimum atomic E-state index is -1.23. The number of esters is 1. The largest absolute Gasteiger partial charge is 0.449 e. The molecular formula is C16H12F2N2O5. The molecule has 0 aliphatic carbocycles. The van der Waals surface area contributed by atoms with Crippen molar-refractivity contribution in [2.24, 2.45) is 0 Å². The van der Waals surface area contributed by atoms with Gasteiger partial charge in [-0.05, 0) is 43.3 Å². The summed E-state index contributed by atoms with van der Waals surface area (Å²) in [6.07, 6.45) is -1.23. The van der Waals surface area contributed by atoms with Gasteiger partial charge in [-0.15, -0.1) is 0 Å². The molecule has 0 bridgehead atoms. The van der Waals surface area contributed by atoms with E-state index in [0.29, 0.717) is 0 Å². The first-order chi connectivity index (χ1) is 11.8. The number of anilines is 1. The number of nitrogens with zero attached hydrogens (tertiary/aromatic N) is 1. The maximum atomic E-state index is 13.3. The summed E-state index contributed by atoms with van der Waals surface area (Å²) >= 11 is 0. The normalized spacial score (nSPS) is 11.5. The number of hydrogen-bond acceptors (Lipinski definition) is 5. The van der Waals surface area contributed by atoms with Gasteiger partial charge in [0.1, 0.15) is 5.82 Å². The number of carbonyl (C=O) groups is 2. The Bertz CT molecular complexity index is 824. The molecule has 0 saturated carbocycles. The number of nitrogens with one attached hydrogen (secondary N) is 1. The van der Waals surface area contributed by atoms with Crippen molar-refractivity contribution in [3.8, 4) is 0 Å². The van der Waals surface area contributed by atoms with E-state index in [-0.39, 0.29) is 11.3 Å². The average molecular weight is 350 g/mol. The number of hydrogen-bond donors (Lipinski definition) is 1. The molecule has 0 spiro atoms. The highest BCUT2D eigenvalue weighted by Gasteiger charge is 2.21. The molecule has 1 amide bonds. The van der Waals surface area contributed by atoms with Crippen LogP contribution in [0.2, 0.25) is 0 Å². The van der Waals surface area contributed by atoms with Gasteiger partial charge in [0.15, 0.2) is 6.10 Å². The average Bonchev–Trinajstić information content (AvgIpc) is 2.56. The highest BCUT2D eigenvalue weighted by atomic mass is 19.1. The molecule has 0 heterocycles. The summed E-state index contributed by atoms with van der Waals surface area (Å²) in [4.78, 5) is 33.6. The first kappa shape index (κ1) is 18.0. The lowest BCUT2D eigenvalue weighted by Crippen LogP contribution is -2.30. The Balaban J connectivity index is 2.03. The molecule has 0 unspecified atom stereocenters. The molecule has 0 fully saturated rings. The van der Waals surface area contributed by atoms with Crippen molar-refractivity contribution in [1.82, 2.24) is 0 Å². The highest BCUT2D eigenvalue weighted by molar-refractivity contribution is 5.97. The van der Waals surface area contributed by atoms with Crippen molar-refractivity contribution in [1.29, 1.82) is 0 Å². The van der Waals surface area contributed by atoms with Crippen LogP contribution in [0.15, 0.2) is 42.5 Å². The number of benzene rings is 2. The van der Waals surface area contributed by atoms with Crippen LogP contribution in [0, 0.1) is 21.7 Å². The predicted octanol–water partition coefficient (Wildman–Crippen LogP) is 3.06. The van der Waals surface area contributed by atoms with Crippen molar-refractivity contribution in [3.05, 3.63) is 69.8 Å². The van der Waals surface area contributed by atoms with Crippen molar-refractivity contribution in [2.45, 2.75) is 13.0 Å². The van der Waals surface area contributed by atoms with Gasteiger partial charge in [-0.1, -0.05) is 0 Å². The smallest absolute Gasteiger partial charge is 0.338 e. The maximum Gasteiger partial charge on any atom is 0.338 e. The molecule has 0 radical (unpaired) electrons. The Morgan fingerprint density at radius 3 is 2.40 bits per heavy atom. The monoisotopic (exact) mass is 350 g/mol. The van der Waals surface area contributed by atoms with Gasteiger partial charge < -0.3 is 10.1 Å². The van der Waals surface area contributed by atoms with Crippen LogP contribution < -0.4 is 5.32 Å². The predicted molar refractivity (Wildman–Crippen MR) is 83.0 cm³/mol. The number of rotatable bonds is 5. The standard InChI is InChI=1S/C16H12F2N2O5/c1-9(25-16(22)10-2-4-11(17)5-3-10)15(21)19-12-6-7-13(18)14(8-12)20(23)24/h2-9H,1H3,(H,19,21)/t9-/m0/s1. The van der Waals surface area contributed by atoms with Gasteiger partial charge in [0.05, 0.1) is 10.5 Å². The van der Waals surface area contributed by atoms with E-state index in [1.54, 1.807) is 0 Å². The second kappa shape index (κ2) is 7.47. The van der Waals surface area contributed by atoms with Crippen LogP contribution in [0.4, 0.5) is 20.2 Å². The number of halogens is 2. The van der Waals surface area contributed by atoms with Crippen LogP contribution in [-0.4, -0.2) is 22.9 Å². The Kier molecular flexibility index (Phi) is 5.38. The molecule has 7 nitrogen and oxygen atoms in total. The van der Waals surface area contributed by atoms with E-state index in [0.717, 1.165) is 30.3 Å². The van der Waals surface area contributed by atoms with Crippen molar-refractivity contribution in [3.63, 3.8) is 0 Å². The van der Waals surface area contributed by atoms with Crippen LogP contribution >= 0.6 is 0 Å². The van der Waals surface area contributed by atoms with Crippen LogP contribution in [-0.2, 0) is 9.53 Å². The van der Waals surface area contributed by atoms with E-state index >= 15 is 0 Å². The summed E-state index contributed by atoms with van der Waals surface area (Å²) < 4.78 is 31.0. The first-order valence-corrected chi connectivity index (χ1v) is 6.99. The van der Waals surface area contributed by atoms with Gasteiger partial charge in [-0.2, -0.15) is 4.39 Å². The minimum absolute atomic E-state index is 0.0252.